The summed E-state index contributed by atoms with van der Waals surface area (Å²) in [6.07, 6.45) is 11.7. The smallest absolute Gasteiger partial charge is 0.00241 e. The lowest BCUT2D eigenvalue weighted by Crippen LogP contribution is -2.14. The van der Waals surface area contributed by atoms with Gasteiger partial charge in [-0.25, -0.2) is 0 Å². The standard InChI is InChI=1S/C24H26/c1-3-18-11-13-19(14-12-18)23-16-20-8-4-5-10-22(20)24(23)21-9-6-7-17(2)15-21/h4-15,20,22-24H,3,16H2,1-2H3. The highest BCUT2D eigenvalue weighted by Gasteiger charge is 2.42. The zero-order valence-electron chi connectivity index (χ0n) is 14.7. The lowest BCUT2D eigenvalue weighted by molar-refractivity contribution is 0.500. The molecule has 0 saturated heterocycles. The van der Waals surface area contributed by atoms with Crippen molar-refractivity contribution in [3.05, 3.63) is 95.1 Å². The molecule has 4 unspecified atom stereocenters. The Bertz CT molecular complexity index is 763. The highest BCUT2D eigenvalue weighted by atomic mass is 14.5. The minimum Gasteiger partial charge on any atom is -0.0808 e. The number of hydrogen-bond acceptors (Lipinski definition) is 0. The minimum absolute atomic E-state index is 0.587. The van der Waals surface area contributed by atoms with Crippen molar-refractivity contribution < 1.29 is 0 Å². The molecule has 0 bridgehead atoms. The Hall–Kier alpha value is -2.08. The van der Waals surface area contributed by atoms with Crippen LogP contribution in [0.1, 0.15) is 47.4 Å². The molecule has 4 atom stereocenters. The molecule has 24 heavy (non-hydrogen) atoms. The first-order valence-corrected chi connectivity index (χ1v) is 9.26. The van der Waals surface area contributed by atoms with Gasteiger partial charge >= 0.3 is 0 Å². The van der Waals surface area contributed by atoms with E-state index in [1.165, 1.54) is 28.7 Å². The van der Waals surface area contributed by atoms with Crippen molar-refractivity contribution in [2.24, 2.45) is 11.8 Å². The molecule has 1 fully saturated rings. The van der Waals surface area contributed by atoms with Crippen LogP contribution in [-0.2, 0) is 6.42 Å². The summed E-state index contributed by atoms with van der Waals surface area (Å²) in [5, 5.41) is 0. The summed E-state index contributed by atoms with van der Waals surface area (Å²) in [7, 11) is 0. The molecular weight excluding hydrogens is 288 g/mol. The highest BCUT2D eigenvalue weighted by Crippen LogP contribution is 2.54. The summed E-state index contributed by atoms with van der Waals surface area (Å²) in [6, 6.07) is 18.5. The third-order valence-electron chi connectivity index (χ3n) is 5.91. The van der Waals surface area contributed by atoms with Crippen molar-refractivity contribution in [1.29, 1.82) is 0 Å². The Morgan fingerprint density at radius 2 is 1.71 bits per heavy atom. The van der Waals surface area contributed by atoms with E-state index < -0.39 is 0 Å². The van der Waals surface area contributed by atoms with E-state index in [1.807, 2.05) is 0 Å². The molecule has 0 radical (unpaired) electrons. The van der Waals surface area contributed by atoms with E-state index in [2.05, 4.69) is 86.7 Å². The lowest BCUT2D eigenvalue weighted by Gasteiger charge is -2.26. The second-order valence-corrected chi connectivity index (χ2v) is 7.39. The molecule has 0 heterocycles. The van der Waals surface area contributed by atoms with Crippen LogP contribution in [0, 0.1) is 18.8 Å². The fraction of sp³-hybridized carbons (Fsp3) is 0.333. The molecule has 2 aromatic carbocycles. The third-order valence-corrected chi connectivity index (χ3v) is 5.91. The zero-order chi connectivity index (χ0) is 16.5. The van der Waals surface area contributed by atoms with Crippen LogP contribution in [-0.4, -0.2) is 0 Å². The fourth-order valence-corrected chi connectivity index (χ4v) is 4.68. The lowest BCUT2D eigenvalue weighted by atomic mass is 9.78. The van der Waals surface area contributed by atoms with Crippen LogP contribution in [0.2, 0.25) is 0 Å². The van der Waals surface area contributed by atoms with E-state index in [-0.39, 0.29) is 0 Å². The first-order chi connectivity index (χ1) is 11.8. The number of benzene rings is 2. The molecule has 0 heteroatoms. The Kier molecular flexibility index (Phi) is 4.14. The maximum Gasteiger partial charge on any atom is -0.00241 e. The topological polar surface area (TPSA) is 0 Å². The Morgan fingerprint density at radius 3 is 2.46 bits per heavy atom. The first-order valence-electron chi connectivity index (χ1n) is 9.26. The van der Waals surface area contributed by atoms with Crippen LogP contribution in [0.15, 0.2) is 72.8 Å². The summed E-state index contributed by atoms with van der Waals surface area (Å²) in [5.41, 5.74) is 5.81. The van der Waals surface area contributed by atoms with Gasteiger partial charge in [0.2, 0.25) is 0 Å². The second kappa shape index (κ2) is 6.43. The van der Waals surface area contributed by atoms with Gasteiger partial charge in [-0.1, -0.05) is 85.3 Å². The van der Waals surface area contributed by atoms with Crippen LogP contribution in [0.25, 0.3) is 0 Å². The fourth-order valence-electron chi connectivity index (χ4n) is 4.68. The molecular formula is C24H26. The molecule has 1 saturated carbocycles. The zero-order valence-corrected chi connectivity index (χ0v) is 14.7. The number of hydrogen-bond donors (Lipinski definition) is 0. The molecule has 4 rings (SSSR count). The van der Waals surface area contributed by atoms with Gasteiger partial charge in [0.05, 0.1) is 0 Å². The molecule has 2 aromatic rings. The number of rotatable bonds is 3. The number of fused-ring (bicyclic) bond motifs is 1. The van der Waals surface area contributed by atoms with E-state index in [4.69, 9.17) is 0 Å². The van der Waals surface area contributed by atoms with Gasteiger partial charge in [0, 0.05) is 0 Å². The Labute approximate surface area is 145 Å². The molecule has 2 aliphatic rings. The van der Waals surface area contributed by atoms with Crippen molar-refractivity contribution in [2.45, 2.75) is 38.5 Å². The summed E-state index contributed by atoms with van der Waals surface area (Å²) in [4.78, 5) is 0. The predicted molar refractivity (Wildman–Crippen MR) is 102 cm³/mol. The molecule has 2 aliphatic carbocycles. The maximum absolute atomic E-state index is 2.44. The second-order valence-electron chi connectivity index (χ2n) is 7.39. The third kappa shape index (κ3) is 2.75. The average molecular weight is 314 g/mol. The molecule has 0 amide bonds. The predicted octanol–water partition coefficient (Wildman–Crippen LogP) is 6.19. The summed E-state index contributed by atoms with van der Waals surface area (Å²) >= 11 is 0. The largest absolute Gasteiger partial charge is 0.0808 e. The monoisotopic (exact) mass is 314 g/mol. The van der Waals surface area contributed by atoms with E-state index >= 15 is 0 Å². The summed E-state index contributed by atoms with van der Waals surface area (Å²) in [6.45, 7) is 4.43. The van der Waals surface area contributed by atoms with E-state index in [9.17, 15) is 0 Å². The van der Waals surface area contributed by atoms with E-state index in [0.717, 1.165) is 6.42 Å². The van der Waals surface area contributed by atoms with Crippen molar-refractivity contribution in [1.82, 2.24) is 0 Å². The molecule has 0 spiro atoms. The maximum atomic E-state index is 2.44. The Morgan fingerprint density at radius 1 is 0.917 bits per heavy atom. The van der Waals surface area contributed by atoms with Crippen molar-refractivity contribution in [2.75, 3.05) is 0 Å². The summed E-state index contributed by atoms with van der Waals surface area (Å²) in [5.74, 6) is 2.51. The van der Waals surface area contributed by atoms with Crippen LogP contribution < -0.4 is 0 Å². The van der Waals surface area contributed by atoms with Crippen molar-refractivity contribution in [3.8, 4) is 0 Å². The molecule has 122 valence electrons. The molecule has 0 aliphatic heterocycles. The van der Waals surface area contributed by atoms with Crippen molar-refractivity contribution >= 4 is 0 Å². The first kappa shape index (κ1) is 15.4. The van der Waals surface area contributed by atoms with Gasteiger partial charge in [-0.15, -0.1) is 0 Å². The summed E-state index contributed by atoms with van der Waals surface area (Å²) < 4.78 is 0. The molecule has 0 aromatic heterocycles. The van der Waals surface area contributed by atoms with Crippen molar-refractivity contribution in [3.63, 3.8) is 0 Å². The normalized spacial score (nSPS) is 28.1. The van der Waals surface area contributed by atoms with Gasteiger partial charge in [-0.05, 0) is 60.1 Å². The van der Waals surface area contributed by atoms with Crippen LogP contribution >= 0.6 is 0 Å². The van der Waals surface area contributed by atoms with Gasteiger partial charge in [-0.3, -0.25) is 0 Å². The minimum atomic E-state index is 0.587. The number of aryl methyl sites for hydroxylation is 2. The van der Waals surface area contributed by atoms with Crippen LogP contribution in [0.4, 0.5) is 0 Å². The quantitative estimate of drug-likeness (QED) is 0.634. The van der Waals surface area contributed by atoms with Crippen LogP contribution in [0.5, 0.6) is 0 Å². The average Bonchev–Trinajstić information content (AvgIpc) is 3.01. The van der Waals surface area contributed by atoms with E-state index in [0.29, 0.717) is 23.7 Å². The molecule has 0 N–H and O–H groups in total. The van der Waals surface area contributed by atoms with Gasteiger partial charge in [0.1, 0.15) is 0 Å². The van der Waals surface area contributed by atoms with Gasteiger partial charge < -0.3 is 0 Å². The van der Waals surface area contributed by atoms with E-state index in [1.54, 1.807) is 0 Å². The molecule has 0 nitrogen and oxygen atoms in total. The van der Waals surface area contributed by atoms with Crippen LogP contribution in [0.3, 0.4) is 0 Å². The SMILES string of the molecule is CCc1ccc(C2CC3C=CC=CC3C2c2cccc(C)c2)cc1. The van der Waals surface area contributed by atoms with Gasteiger partial charge in [0.15, 0.2) is 0 Å². The highest BCUT2D eigenvalue weighted by molar-refractivity contribution is 5.38. The van der Waals surface area contributed by atoms with Gasteiger partial charge in [0.25, 0.3) is 0 Å². The van der Waals surface area contributed by atoms with Gasteiger partial charge in [-0.2, -0.15) is 0 Å². The number of allylic oxidation sites excluding steroid dienone is 4. The Balaban J connectivity index is 1.75.